The first-order chi connectivity index (χ1) is 27.3. The lowest BCUT2D eigenvalue weighted by atomic mass is 9.81. The summed E-state index contributed by atoms with van der Waals surface area (Å²) >= 11 is 0. The molecule has 1 heteroatoms. The van der Waals surface area contributed by atoms with Crippen LogP contribution in [0.5, 0.6) is 0 Å². The van der Waals surface area contributed by atoms with Crippen molar-refractivity contribution in [1.82, 2.24) is 0 Å². The van der Waals surface area contributed by atoms with E-state index in [4.69, 9.17) is 16.4 Å². The Morgan fingerprint density at radius 2 is 1.15 bits per heavy atom. The van der Waals surface area contributed by atoms with Gasteiger partial charge in [0.1, 0.15) is 0 Å². The summed E-state index contributed by atoms with van der Waals surface area (Å²) in [6.07, 6.45) is 0. The van der Waals surface area contributed by atoms with Crippen LogP contribution in [0.25, 0.3) is 44.2 Å². The molecule has 7 aromatic rings. The summed E-state index contributed by atoms with van der Waals surface area (Å²) in [5, 5.41) is 2.06. The zero-order valence-electron chi connectivity index (χ0n) is 36.9. The van der Waals surface area contributed by atoms with Gasteiger partial charge in [-0.2, -0.15) is 0 Å². The Hall–Kier alpha value is -5.40. The molecule has 0 N–H and O–H groups in total. The Bertz CT molecular complexity index is 2640. The number of nitrogens with zero attached hydrogens (tertiary/aromatic N) is 1. The first-order valence-electron chi connectivity index (χ1n) is 21.2. The van der Waals surface area contributed by atoms with Gasteiger partial charge in [-0.05, 0) is 93.9 Å². The molecular weight excluding hydrogens is 555 g/mol. The molecule has 1 nitrogen and oxygen atoms in total. The van der Waals surface area contributed by atoms with Gasteiger partial charge in [0.05, 0.1) is 5.69 Å². The first kappa shape index (κ1) is 17.9. The van der Waals surface area contributed by atoms with Crippen molar-refractivity contribution in [2.24, 2.45) is 0 Å². The Morgan fingerprint density at radius 1 is 0.500 bits per heavy atom. The van der Waals surface area contributed by atoms with Crippen LogP contribution in [0.4, 0.5) is 17.1 Å². The molecule has 0 spiro atoms. The number of aryl methyl sites for hydroxylation is 2. The Balaban J connectivity index is 1.35. The van der Waals surface area contributed by atoms with Gasteiger partial charge in [-0.25, -0.2) is 0 Å². The summed E-state index contributed by atoms with van der Waals surface area (Å²) in [6.45, 7) is -11.9. The maximum Gasteiger partial charge on any atom is 0.0540 e. The average molecular weight is 604 g/mol. The molecule has 0 atom stereocenters. The monoisotopic (exact) mass is 603 g/mol. The number of hydrogen-bond acceptors (Lipinski definition) is 1. The number of anilines is 3. The third kappa shape index (κ3) is 4.63. The summed E-state index contributed by atoms with van der Waals surface area (Å²) in [4.78, 5) is 2.13. The van der Waals surface area contributed by atoms with E-state index in [1.807, 2.05) is 66.7 Å². The molecule has 0 aliphatic heterocycles. The number of rotatable bonds is 5. The van der Waals surface area contributed by atoms with Crippen LogP contribution in [0.1, 0.15) is 52.4 Å². The summed E-state index contributed by atoms with van der Waals surface area (Å²) in [7, 11) is 0. The quantitative estimate of drug-likeness (QED) is 0.189. The molecule has 1 aliphatic carbocycles. The van der Waals surface area contributed by atoms with Crippen LogP contribution in [0, 0.1) is 13.7 Å². The fraction of sp³-hybridized carbons (Fsp3) is 0.111. The van der Waals surface area contributed by atoms with Crippen molar-refractivity contribution in [3.05, 3.63) is 174 Å². The molecule has 0 bridgehead atoms. The summed E-state index contributed by atoms with van der Waals surface area (Å²) in [5.41, 5.74) is 2.44. The van der Waals surface area contributed by atoms with Crippen molar-refractivity contribution in [2.75, 3.05) is 4.90 Å². The molecule has 0 saturated carbocycles. The number of benzene rings is 7. The van der Waals surface area contributed by atoms with Crippen molar-refractivity contribution in [3.63, 3.8) is 0 Å². The lowest BCUT2D eigenvalue weighted by Gasteiger charge is -2.27. The Morgan fingerprint density at radius 3 is 1.89 bits per heavy atom. The molecule has 0 aromatic heterocycles. The predicted octanol–water partition coefficient (Wildman–Crippen LogP) is 12.6. The Kier molecular flexibility index (Phi) is 4.24. The molecule has 0 radical (unpaired) electrons. The van der Waals surface area contributed by atoms with Crippen molar-refractivity contribution < 1.29 is 16.4 Å². The van der Waals surface area contributed by atoms with E-state index in [1.165, 1.54) is 18.2 Å². The number of fused-ring (bicyclic) bond motifs is 4. The molecule has 8 rings (SSSR count). The van der Waals surface area contributed by atoms with Gasteiger partial charge >= 0.3 is 0 Å². The van der Waals surface area contributed by atoms with Gasteiger partial charge in [0, 0.05) is 38.6 Å². The van der Waals surface area contributed by atoms with Gasteiger partial charge < -0.3 is 4.90 Å². The molecule has 46 heavy (non-hydrogen) atoms. The molecule has 0 heterocycles. The second kappa shape index (κ2) is 10.9. The van der Waals surface area contributed by atoms with Crippen LogP contribution in [-0.4, -0.2) is 0 Å². The maximum atomic E-state index is 8.77. The van der Waals surface area contributed by atoms with Crippen molar-refractivity contribution in [3.8, 4) is 33.4 Å². The molecule has 0 unspecified atom stereocenters. The minimum absolute atomic E-state index is 0.197. The standard InChI is InChI=1S/C45H37N/c1-30-17-26-39-41(28-30)45(3,4)42-29-31(2)27-40(44(39)42)35-20-24-37(25-21-35)46(43-16-10-14-34-13-8-9-15-38(34)43)36-22-18-33(19-23-36)32-11-6-5-7-12-32/h5-29H,1-4H3/i1D3,2D3,3D3,4D3. The molecule has 222 valence electrons. The lowest BCUT2D eigenvalue weighted by molar-refractivity contribution is 0.659. The highest BCUT2D eigenvalue weighted by molar-refractivity contribution is 5.99. The third-order valence-electron chi connectivity index (χ3n) is 8.91. The zero-order chi connectivity index (χ0) is 41.4. The van der Waals surface area contributed by atoms with Crippen LogP contribution in [0.15, 0.2) is 152 Å². The van der Waals surface area contributed by atoms with Crippen molar-refractivity contribution in [2.45, 2.75) is 32.8 Å². The molecule has 0 fully saturated rings. The third-order valence-corrected chi connectivity index (χ3v) is 8.91. The maximum absolute atomic E-state index is 8.77. The molecular formula is C45H37N. The molecule has 0 saturated heterocycles. The smallest absolute Gasteiger partial charge is 0.0540 e. The van der Waals surface area contributed by atoms with Crippen LogP contribution in [-0.2, 0) is 5.41 Å². The normalized spacial score (nSPS) is 17.9. The van der Waals surface area contributed by atoms with Crippen molar-refractivity contribution in [1.29, 1.82) is 0 Å². The average Bonchev–Trinajstić information content (AvgIpc) is 3.50. The van der Waals surface area contributed by atoms with Gasteiger partial charge in [-0.3, -0.25) is 0 Å². The van der Waals surface area contributed by atoms with E-state index in [-0.39, 0.29) is 33.4 Å². The van der Waals surface area contributed by atoms with Gasteiger partial charge in [-0.1, -0.05) is 146 Å². The van der Waals surface area contributed by atoms with Crippen LogP contribution in [0.2, 0.25) is 0 Å². The molecule has 0 amide bonds. The second-order valence-electron chi connectivity index (χ2n) is 11.8. The number of hydrogen-bond donors (Lipinski definition) is 0. The SMILES string of the molecule is [2H]C([2H])([2H])c1ccc2c(c1)C(C([2H])([2H])[2H])(C([2H])([2H])[2H])c1cc(C([2H])([2H])[2H])cc(-c3ccc(N(c4ccc(-c5ccccc5)cc4)c4cccc5ccccc45)cc3)c1-2. The predicted molar refractivity (Wildman–Crippen MR) is 197 cm³/mol. The minimum Gasteiger partial charge on any atom is -0.310 e. The van der Waals surface area contributed by atoms with Crippen LogP contribution >= 0.6 is 0 Å². The molecule has 7 aromatic carbocycles. The minimum atomic E-state index is -3.24. The fourth-order valence-electron chi connectivity index (χ4n) is 6.73. The van der Waals surface area contributed by atoms with Gasteiger partial charge in [0.15, 0.2) is 0 Å². The van der Waals surface area contributed by atoms with E-state index < -0.39 is 32.8 Å². The zero-order valence-corrected chi connectivity index (χ0v) is 24.9. The highest BCUT2D eigenvalue weighted by Crippen LogP contribution is 2.53. The van der Waals surface area contributed by atoms with Crippen LogP contribution < -0.4 is 4.90 Å². The van der Waals surface area contributed by atoms with E-state index in [2.05, 4.69) is 59.5 Å². The van der Waals surface area contributed by atoms with E-state index >= 15 is 0 Å². The summed E-state index contributed by atoms with van der Waals surface area (Å²) in [6, 6.07) is 46.5. The summed E-state index contributed by atoms with van der Waals surface area (Å²) < 4.78 is 102. The molecule has 1 aliphatic rings. The first-order valence-corrected chi connectivity index (χ1v) is 15.2. The van der Waals surface area contributed by atoms with Gasteiger partial charge in [-0.15, -0.1) is 0 Å². The largest absolute Gasteiger partial charge is 0.310 e. The fourth-order valence-corrected chi connectivity index (χ4v) is 6.73. The summed E-state index contributed by atoms with van der Waals surface area (Å²) in [5.74, 6) is 0. The van der Waals surface area contributed by atoms with Crippen LogP contribution in [0.3, 0.4) is 0 Å². The van der Waals surface area contributed by atoms with Crippen molar-refractivity contribution >= 4 is 27.8 Å². The van der Waals surface area contributed by atoms with E-state index in [0.29, 0.717) is 11.1 Å². The van der Waals surface area contributed by atoms with E-state index in [1.54, 1.807) is 0 Å². The van der Waals surface area contributed by atoms with E-state index in [9.17, 15) is 0 Å². The second-order valence-corrected chi connectivity index (χ2v) is 11.8. The topological polar surface area (TPSA) is 3.24 Å². The Labute approximate surface area is 289 Å². The van der Waals surface area contributed by atoms with Gasteiger partial charge in [0.2, 0.25) is 0 Å². The van der Waals surface area contributed by atoms with Gasteiger partial charge in [0.25, 0.3) is 0 Å². The highest BCUT2D eigenvalue weighted by atomic mass is 15.1. The highest BCUT2D eigenvalue weighted by Gasteiger charge is 2.37. The lowest BCUT2D eigenvalue weighted by Crippen LogP contribution is -2.15. The van der Waals surface area contributed by atoms with E-state index in [0.717, 1.165) is 51.1 Å².